The number of hydrogen-bond donors (Lipinski definition) is 0. The summed E-state index contributed by atoms with van der Waals surface area (Å²) < 4.78 is 5.62. The Bertz CT molecular complexity index is 422. The van der Waals surface area contributed by atoms with Crippen molar-refractivity contribution >= 4 is 34.2 Å². The minimum Gasteiger partial charge on any atom is -0.383 e. The molecule has 1 aromatic carbocycles. The van der Waals surface area contributed by atoms with Gasteiger partial charge in [-0.15, -0.1) is 0 Å². The number of nitrogens with zero attached hydrogens (tertiary/aromatic N) is 1. The Hall–Kier alpha value is -0.910. The second kappa shape index (κ2) is 5.62. The molecule has 2 rings (SSSR count). The first-order valence-corrected chi connectivity index (χ1v) is 6.58. The highest BCUT2D eigenvalue weighted by molar-refractivity contribution is 8.24. The number of thiocarbonyl (C=S) groups is 1. The Morgan fingerprint density at radius 1 is 1.41 bits per heavy atom. The van der Waals surface area contributed by atoms with Crippen molar-refractivity contribution in [3.63, 3.8) is 0 Å². The maximum atomic E-state index is 12.2. The number of methoxy groups -OCH3 is 1. The quantitative estimate of drug-likeness (QED) is 0.783. The molecule has 1 aliphatic rings. The van der Waals surface area contributed by atoms with Crippen molar-refractivity contribution in [1.82, 2.24) is 4.90 Å². The summed E-state index contributed by atoms with van der Waals surface area (Å²) in [6, 6.07) is 9.72. The zero-order valence-corrected chi connectivity index (χ0v) is 11.1. The summed E-state index contributed by atoms with van der Waals surface area (Å²) in [6.45, 7) is 1.04. The van der Waals surface area contributed by atoms with Gasteiger partial charge in [-0.05, 0) is 5.56 Å². The fourth-order valence-electron chi connectivity index (χ4n) is 1.67. The minimum absolute atomic E-state index is 0.0586. The second-order valence-electron chi connectivity index (χ2n) is 3.66. The lowest BCUT2D eigenvalue weighted by molar-refractivity contribution is -0.126. The normalized spacial score (nSPS) is 20.1. The SMILES string of the molecule is COCCN1C(=O)[C@H](c2ccccc2)SC1=S. The van der Waals surface area contributed by atoms with Crippen molar-refractivity contribution in [2.24, 2.45) is 0 Å². The molecule has 0 aliphatic carbocycles. The predicted molar refractivity (Wildman–Crippen MR) is 73.0 cm³/mol. The van der Waals surface area contributed by atoms with Crippen LogP contribution in [0.15, 0.2) is 30.3 Å². The Balaban J connectivity index is 2.13. The lowest BCUT2D eigenvalue weighted by Crippen LogP contribution is -2.32. The third-order valence-electron chi connectivity index (χ3n) is 2.55. The van der Waals surface area contributed by atoms with Crippen molar-refractivity contribution in [2.45, 2.75) is 5.25 Å². The van der Waals surface area contributed by atoms with Gasteiger partial charge in [-0.2, -0.15) is 0 Å². The number of rotatable bonds is 4. The molecule has 5 heteroatoms. The number of carbonyl (C=O) groups excluding carboxylic acids is 1. The lowest BCUT2D eigenvalue weighted by atomic mass is 10.1. The monoisotopic (exact) mass is 267 g/mol. The highest BCUT2D eigenvalue weighted by Crippen LogP contribution is 2.39. The standard InChI is InChI=1S/C12H13NO2S2/c1-15-8-7-13-11(14)10(17-12(13)16)9-5-3-2-4-6-9/h2-6,10H,7-8H2,1H3/t10-/m0/s1. The fraction of sp³-hybridized carbons (Fsp3) is 0.333. The predicted octanol–water partition coefficient (Wildman–Crippen LogP) is 2.23. The number of amides is 1. The van der Waals surface area contributed by atoms with Crippen LogP contribution < -0.4 is 0 Å². The maximum Gasteiger partial charge on any atom is 0.246 e. The van der Waals surface area contributed by atoms with Gasteiger partial charge in [-0.1, -0.05) is 54.3 Å². The van der Waals surface area contributed by atoms with E-state index in [1.54, 1.807) is 12.0 Å². The van der Waals surface area contributed by atoms with E-state index in [9.17, 15) is 4.79 Å². The van der Waals surface area contributed by atoms with E-state index in [1.165, 1.54) is 11.8 Å². The van der Waals surface area contributed by atoms with E-state index in [0.717, 1.165) is 5.56 Å². The largest absolute Gasteiger partial charge is 0.383 e. The summed E-state index contributed by atoms with van der Waals surface area (Å²) in [6.07, 6.45) is 0. The molecule has 0 saturated carbocycles. The number of benzene rings is 1. The number of hydrogen-bond acceptors (Lipinski definition) is 4. The summed E-state index contributed by atoms with van der Waals surface area (Å²) >= 11 is 6.66. The number of carbonyl (C=O) groups is 1. The van der Waals surface area contributed by atoms with Gasteiger partial charge in [0.1, 0.15) is 9.57 Å². The summed E-state index contributed by atoms with van der Waals surface area (Å²) in [5.41, 5.74) is 1.00. The molecule has 0 bridgehead atoms. The van der Waals surface area contributed by atoms with Crippen LogP contribution in [-0.4, -0.2) is 35.4 Å². The molecule has 0 radical (unpaired) electrons. The molecule has 1 amide bonds. The molecule has 17 heavy (non-hydrogen) atoms. The molecule has 1 aromatic rings. The van der Waals surface area contributed by atoms with Gasteiger partial charge < -0.3 is 4.74 Å². The van der Waals surface area contributed by atoms with E-state index in [1.807, 2.05) is 30.3 Å². The first kappa shape index (κ1) is 12.5. The average Bonchev–Trinajstić information content (AvgIpc) is 2.64. The van der Waals surface area contributed by atoms with Crippen molar-refractivity contribution in [3.05, 3.63) is 35.9 Å². The molecular weight excluding hydrogens is 254 g/mol. The van der Waals surface area contributed by atoms with Crippen molar-refractivity contribution in [2.75, 3.05) is 20.3 Å². The van der Waals surface area contributed by atoms with Crippen LogP contribution in [-0.2, 0) is 9.53 Å². The Morgan fingerprint density at radius 3 is 2.76 bits per heavy atom. The minimum atomic E-state index is -0.194. The van der Waals surface area contributed by atoms with Gasteiger partial charge in [-0.25, -0.2) is 0 Å². The van der Waals surface area contributed by atoms with Gasteiger partial charge in [0.25, 0.3) is 0 Å². The molecule has 3 nitrogen and oxygen atoms in total. The lowest BCUT2D eigenvalue weighted by Gasteiger charge is -2.14. The van der Waals surface area contributed by atoms with E-state index < -0.39 is 0 Å². The molecule has 1 saturated heterocycles. The number of thioether (sulfide) groups is 1. The van der Waals surface area contributed by atoms with Crippen LogP contribution in [0.4, 0.5) is 0 Å². The molecule has 1 fully saturated rings. The smallest absolute Gasteiger partial charge is 0.246 e. The van der Waals surface area contributed by atoms with Crippen molar-refractivity contribution in [3.8, 4) is 0 Å². The molecule has 1 atom stereocenters. The summed E-state index contributed by atoms with van der Waals surface area (Å²) in [5.74, 6) is 0.0586. The summed E-state index contributed by atoms with van der Waals surface area (Å²) in [7, 11) is 1.62. The highest BCUT2D eigenvalue weighted by atomic mass is 32.2. The van der Waals surface area contributed by atoms with Crippen LogP contribution >= 0.6 is 24.0 Å². The van der Waals surface area contributed by atoms with Crippen LogP contribution in [0.5, 0.6) is 0 Å². The van der Waals surface area contributed by atoms with Crippen LogP contribution in [0.2, 0.25) is 0 Å². The maximum absolute atomic E-state index is 12.2. The molecule has 1 heterocycles. The Morgan fingerprint density at radius 2 is 2.12 bits per heavy atom. The third kappa shape index (κ3) is 2.68. The topological polar surface area (TPSA) is 29.5 Å². The molecule has 0 aromatic heterocycles. The van der Waals surface area contributed by atoms with Crippen molar-refractivity contribution < 1.29 is 9.53 Å². The van der Waals surface area contributed by atoms with Crippen LogP contribution in [0.1, 0.15) is 10.8 Å². The average molecular weight is 267 g/mol. The fourth-order valence-corrected chi connectivity index (χ4v) is 3.17. The van der Waals surface area contributed by atoms with E-state index in [0.29, 0.717) is 17.5 Å². The van der Waals surface area contributed by atoms with E-state index in [-0.39, 0.29) is 11.2 Å². The van der Waals surface area contributed by atoms with Gasteiger partial charge >= 0.3 is 0 Å². The van der Waals surface area contributed by atoms with E-state index >= 15 is 0 Å². The van der Waals surface area contributed by atoms with Gasteiger partial charge in [0, 0.05) is 7.11 Å². The Kier molecular flexibility index (Phi) is 4.15. The molecular formula is C12H13NO2S2. The second-order valence-corrected chi connectivity index (χ2v) is 5.40. The van der Waals surface area contributed by atoms with Crippen LogP contribution in [0.3, 0.4) is 0 Å². The molecule has 1 aliphatic heterocycles. The van der Waals surface area contributed by atoms with E-state index in [4.69, 9.17) is 17.0 Å². The van der Waals surface area contributed by atoms with Crippen molar-refractivity contribution in [1.29, 1.82) is 0 Å². The van der Waals surface area contributed by atoms with Gasteiger partial charge in [-0.3, -0.25) is 9.69 Å². The van der Waals surface area contributed by atoms with Gasteiger partial charge in [0.15, 0.2) is 0 Å². The Labute approximate surface area is 110 Å². The summed E-state index contributed by atoms with van der Waals surface area (Å²) in [4.78, 5) is 13.8. The highest BCUT2D eigenvalue weighted by Gasteiger charge is 2.37. The van der Waals surface area contributed by atoms with Gasteiger partial charge in [0.2, 0.25) is 5.91 Å². The molecule has 0 unspecified atom stereocenters. The molecule has 0 N–H and O–H groups in total. The molecule has 0 spiro atoms. The number of ether oxygens (including phenoxy) is 1. The van der Waals surface area contributed by atoms with Crippen LogP contribution in [0, 0.1) is 0 Å². The van der Waals surface area contributed by atoms with E-state index in [2.05, 4.69) is 0 Å². The summed E-state index contributed by atoms with van der Waals surface area (Å²) in [5, 5.41) is -0.194. The zero-order chi connectivity index (χ0) is 12.3. The molecule has 90 valence electrons. The van der Waals surface area contributed by atoms with Crippen LogP contribution in [0.25, 0.3) is 0 Å². The zero-order valence-electron chi connectivity index (χ0n) is 9.46. The van der Waals surface area contributed by atoms with Gasteiger partial charge in [0.05, 0.1) is 13.2 Å². The first-order valence-electron chi connectivity index (χ1n) is 5.30. The third-order valence-corrected chi connectivity index (χ3v) is 4.19. The first-order chi connectivity index (χ1) is 8.24.